The van der Waals surface area contributed by atoms with Gasteiger partial charge in [-0.2, -0.15) is 0 Å². The van der Waals surface area contributed by atoms with Gasteiger partial charge in [0.15, 0.2) is 0 Å². The van der Waals surface area contributed by atoms with Crippen molar-refractivity contribution in [1.29, 1.82) is 0 Å². The van der Waals surface area contributed by atoms with Crippen molar-refractivity contribution in [2.45, 2.75) is 20.3 Å². The number of ether oxygens (including phenoxy) is 1. The van der Waals surface area contributed by atoms with Crippen molar-refractivity contribution in [3.8, 4) is 5.75 Å². The zero-order valence-electron chi connectivity index (χ0n) is 11.3. The molecule has 1 atom stereocenters. The van der Waals surface area contributed by atoms with E-state index in [1.807, 2.05) is 13.8 Å². The number of carbonyl (C=O) groups is 1. The minimum absolute atomic E-state index is 0.127. The van der Waals surface area contributed by atoms with E-state index in [1.165, 1.54) is 0 Å². The SMILES string of the molecule is CCOc1cc(Cl)ccc1C(=O)NCC(C)CCO. The molecule has 4 nitrogen and oxygen atoms in total. The van der Waals surface area contributed by atoms with E-state index in [-0.39, 0.29) is 18.4 Å². The van der Waals surface area contributed by atoms with E-state index < -0.39 is 0 Å². The van der Waals surface area contributed by atoms with Crippen LogP contribution in [0.4, 0.5) is 0 Å². The van der Waals surface area contributed by atoms with E-state index in [0.717, 1.165) is 0 Å². The van der Waals surface area contributed by atoms with Crippen LogP contribution in [0.15, 0.2) is 18.2 Å². The molecule has 0 bridgehead atoms. The topological polar surface area (TPSA) is 58.6 Å². The Kier molecular flexibility index (Phi) is 6.67. The first kappa shape index (κ1) is 15.8. The van der Waals surface area contributed by atoms with Crippen LogP contribution in [0.1, 0.15) is 30.6 Å². The molecule has 19 heavy (non-hydrogen) atoms. The fourth-order valence-corrected chi connectivity index (χ4v) is 1.81. The van der Waals surface area contributed by atoms with Crippen LogP contribution in [0, 0.1) is 5.92 Å². The maximum absolute atomic E-state index is 12.1. The Balaban J connectivity index is 2.70. The Morgan fingerprint density at radius 1 is 1.53 bits per heavy atom. The smallest absolute Gasteiger partial charge is 0.255 e. The van der Waals surface area contributed by atoms with E-state index in [4.69, 9.17) is 21.4 Å². The van der Waals surface area contributed by atoms with Crippen molar-refractivity contribution in [3.05, 3.63) is 28.8 Å². The first-order chi connectivity index (χ1) is 9.08. The summed E-state index contributed by atoms with van der Waals surface area (Å²) in [7, 11) is 0. The van der Waals surface area contributed by atoms with Gasteiger partial charge >= 0.3 is 0 Å². The van der Waals surface area contributed by atoms with Gasteiger partial charge in [0.2, 0.25) is 0 Å². The van der Waals surface area contributed by atoms with E-state index in [0.29, 0.717) is 35.9 Å². The first-order valence-corrected chi connectivity index (χ1v) is 6.77. The highest BCUT2D eigenvalue weighted by Crippen LogP contribution is 2.23. The summed E-state index contributed by atoms with van der Waals surface area (Å²) in [5, 5.41) is 12.2. The number of rotatable bonds is 7. The van der Waals surface area contributed by atoms with Crippen LogP contribution in [0.3, 0.4) is 0 Å². The molecule has 0 radical (unpaired) electrons. The number of hydrogen-bond acceptors (Lipinski definition) is 3. The van der Waals surface area contributed by atoms with Crippen LogP contribution in [-0.4, -0.2) is 30.8 Å². The Bertz CT molecular complexity index is 423. The number of amides is 1. The monoisotopic (exact) mass is 285 g/mol. The van der Waals surface area contributed by atoms with Crippen LogP contribution >= 0.6 is 11.6 Å². The quantitative estimate of drug-likeness (QED) is 0.809. The maximum atomic E-state index is 12.1. The summed E-state index contributed by atoms with van der Waals surface area (Å²) in [5.41, 5.74) is 0.474. The maximum Gasteiger partial charge on any atom is 0.255 e. The van der Waals surface area contributed by atoms with Gasteiger partial charge in [0.05, 0.1) is 12.2 Å². The van der Waals surface area contributed by atoms with Gasteiger partial charge in [-0.25, -0.2) is 0 Å². The molecule has 5 heteroatoms. The number of nitrogens with one attached hydrogen (secondary N) is 1. The van der Waals surface area contributed by atoms with Crippen molar-refractivity contribution < 1.29 is 14.6 Å². The van der Waals surface area contributed by atoms with Gasteiger partial charge in [0, 0.05) is 18.2 Å². The third kappa shape index (κ3) is 5.09. The molecule has 1 aromatic rings. The van der Waals surface area contributed by atoms with Crippen LogP contribution in [0.25, 0.3) is 0 Å². The molecule has 0 aliphatic carbocycles. The summed E-state index contributed by atoms with van der Waals surface area (Å²) in [4.78, 5) is 12.1. The van der Waals surface area contributed by atoms with Crippen molar-refractivity contribution in [3.63, 3.8) is 0 Å². The zero-order chi connectivity index (χ0) is 14.3. The fraction of sp³-hybridized carbons (Fsp3) is 0.500. The molecule has 106 valence electrons. The van der Waals surface area contributed by atoms with E-state index in [9.17, 15) is 4.79 Å². The predicted molar refractivity (Wildman–Crippen MR) is 75.8 cm³/mol. The number of carbonyl (C=O) groups excluding carboxylic acids is 1. The third-order valence-electron chi connectivity index (χ3n) is 2.72. The lowest BCUT2D eigenvalue weighted by atomic mass is 10.1. The Hall–Kier alpha value is -1.26. The second-order valence-electron chi connectivity index (χ2n) is 4.40. The molecule has 0 aliphatic rings. The van der Waals surface area contributed by atoms with Gasteiger partial charge in [-0.3, -0.25) is 4.79 Å². The average Bonchev–Trinajstić information content (AvgIpc) is 2.37. The van der Waals surface area contributed by atoms with Crippen LogP contribution in [-0.2, 0) is 0 Å². The normalized spacial score (nSPS) is 12.0. The van der Waals surface area contributed by atoms with Crippen molar-refractivity contribution in [2.75, 3.05) is 19.8 Å². The molecule has 0 saturated carbocycles. The summed E-state index contributed by atoms with van der Waals surface area (Å²) in [5.74, 6) is 0.531. The Morgan fingerprint density at radius 3 is 2.89 bits per heavy atom. The molecular weight excluding hydrogens is 266 g/mol. The fourth-order valence-electron chi connectivity index (χ4n) is 1.64. The first-order valence-electron chi connectivity index (χ1n) is 6.39. The largest absolute Gasteiger partial charge is 0.493 e. The average molecular weight is 286 g/mol. The summed E-state index contributed by atoms with van der Waals surface area (Å²) in [6.45, 7) is 4.95. The molecule has 2 N–H and O–H groups in total. The standard InChI is InChI=1S/C14H20ClNO3/c1-3-19-13-8-11(15)4-5-12(13)14(18)16-9-10(2)6-7-17/h4-5,8,10,17H,3,6-7,9H2,1-2H3,(H,16,18). The second-order valence-corrected chi connectivity index (χ2v) is 4.84. The number of halogens is 1. The molecular formula is C14H20ClNO3. The number of aliphatic hydroxyl groups is 1. The van der Waals surface area contributed by atoms with Crippen LogP contribution in [0.2, 0.25) is 5.02 Å². The lowest BCUT2D eigenvalue weighted by molar-refractivity contribution is 0.0941. The Labute approximate surface area is 118 Å². The molecule has 0 fully saturated rings. The summed E-state index contributed by atoms with van der Waals surface area (Å²) in [6, 6.07) is 4.95. The van der Waals surface area contributed by atoms with Crippen LogP contribution in [0.5, 0.6) is 5.75 Å². The van der Waals surface area contributed by atoms with Gasteiger partial charge in [-0.1, -0.05) is 18.5 Å². The van der Waals surface area contributed by atoms with E-state index in [2.05, 4.69) is 5.32 Å². The van der Waals surface area contributed by atoms with Crippen LogP contribution < -0.4 is 10.1 Å². The molecule has 1 aromatic carbocycles. The number of benzene rings is 1. The third-order valence-corrected chi connectivity index (χ3v) is 2.96. The minimum atomic E-state index is -0.190. The van der Waals surface area contributed by atoms with Gasteiger partial charge in [0.1, 0.15) is 5.75 Å². The molecule has 1 rings (SSSR count). The molecule has 0 aliphatic heterocycles. The molecule has 1 amide bonds. The predicted octanol–water partition coefficient (Wildman–Crippen LogP) is 2.49. The number of hydrogen-bond donors (Lipinski definition) is 2. The summed E-state index contributed by atoms with van der Waals surface area (Å²) >= 11 is 5.89. The van der Waals surface area contributed by atoms with Gasteiger partial charge in [-0.15, -0.1) is 0 Å². The highest BCUT2D eigenvalue weighted by Gasteiger charge is 2.13. The highest BCUT2D eigenvalue weighted by atomic mass is 35.5. The van der Waals surface area contributed by atoms with Crippen molar-refractivity contribution >= 4 is 17.5 Å². The van der Waals surface area contributed by atoms with Gasteiger partial charge in [-0.05, 0) is 37.5 Å². The van der Waals surface area contributed by atoms with Crippen molar-refractivity contribution in [1.82, 2.24) is 5.32 Å². The second kappa shape index (κ2) is 8.02. The summed E-state index contributed by atoms with van der Waals surface area (Å²) in [6.07, 6.45) is 0.666. The van der Waals surface area contributed by atoms with E-state index in [1.54, 1.807) is 18.2 Å². The molecule has 0 aromatic heterocycles. The van der Waals surface area contributed by atoms with Gasteiger partial charge in [0.25, 0.3) is 5.91 Å². The van der Waals surface area contributed by atoms with E-state index >= 15 is 0 Å². The lowest BCUT2D eigenvalue weighted by Gasteiger charge is -2.13. The zero-order valence-corrected chi connectivity index (χ0v) is 12.0. The highest BCUT2D eigenvalue weighted by molar-refractivity contribution is 6.30. The molecule has 0 saturated heterocycles. The molecule has 0 heterocycles. The number of aliphatic hydroxyl groups excluding tert-OH is 1. The molecule has 1 unspecified atom stereocenters. The van der Waals surface area contributed by atoms with Gasteiger partial charge < -0.3 is 15.2 Å². The molecule has 0 spiro atoms. The lowest BCUT2D eigenvalue weighted by Crippen LogP contribution is -2.29. The Morgan fingerprint density at radius 2 is 2.26 bits per heavy atom. The summed E-state index contributed by atoms with van der Waals surface area (Å²) < 4.78 is 5.41. The van der Waals surface area contributed by atoms with Crippen molar-refractivity contribution in [2.24, 2.45) is 5.92 Å². The minimum Gasteiger partial charge on any atom is -0.493 e.